The summed E-state index contributed by atoms with van der Waals surface area (Å²) in [5, 5.41) is 5.23. The van der Waals surface area contributed by atoms with Crippen LogP contribution in [0.3, 0.4) is 0 Å². The molecule has 0 fully saturated rings. The minimum atomic E-state index is 0. The average Bonchev–Trinajstić information content (AvgIpc) is 2.81. The van der Waals surface area contributed by atoms with E-state index in [-0.39, 0.29) is 24.0 Å². The van der Waals surface area contributed by atoms with Crippen molar-refractivity contribution in [3.05, 3.63) is 121 Å². The van der Waals surface area contributed by atoms with Crippen LogP contribution < -0.4 is 0 Å². The molecule has 0 aliphatic rings. The van der Waals surface area contributed by atoms with Crippen LogP contribution >= 0.6 is 24.0 Å². The Morgan fingerprint density at radius 2 is 0.793 bits per heavy atom. The van der Waals surface area contributed by atoms with E-state index in [9.17, 15) is 0 Å². The molecule has 0 N–H and O–H groups in total. The van der Waals surface area contributed by atoms with Crippen LogP contribution in [0.25, 0.3) is 32.7 Å². The SMILES string of the molecule is CC.I.c1ccc(-c2cccc3ccccc23)cc1.c1ccc2ccccc2c1. The van der Waals surface area contributed by atoms with E-state index in [0.29, 0.717) is 0 Å². The monoisotopic (exact) mass is 490 g/mol. The van der Waals surface area contributed by atoms with E-state index in [0.717, 1.165) is 0 Å². The normalized spacial score (nSPS) is 9.45. The number of fused-ring (bicyclic) bond motifs is 2. The third-order valence-corrected chi connectivity index (χ3v) is 4.53. The molecule has 0 aliphatic carbocycles. The summed E-state index contributed by atoms with van der Waals surface area (Å²) in [6, 6.07) is 42.2. The molecule has 0 radical (unpaired) electrons. The van der Waals surface area contributed by atoms with Crippen LogP contribution in [0.4, 0.5) is 0 Å². The first-order valence-electron chi connectivity index (χ1n) is 9.89. The lowest BCUT2D eigenvalue weighted by Crippen LogP contribution is -1.79. The lowest BCUT2D eigenvalue weighted by Gasteiger charge is -2.06. The summed E-state index contributed by atoms with van der Waals surface area (Å²) in [6.45, 7) is 4.00. The first-order chi connectivity index (χ1) is 13.9. The van der Waals surface area contributed by atoms with Crippen LogP contribution in [-0.4, -0.2) is 0 Å². The number of hydrogen-bond acceptors (Lipinski definition) is 0. The summed E-state index contributed by atoms with van der Waals surface area (Å²) < 4.78 is 0. The standard InChI is InChI=1S/C16H12.C10H8.C2H6.HI/c1-2-7-13(8-3-1)16-12-6-10-14-9-4-5-11-15(14)16;1-2-6-10-8-4-3-7-9(10)5-1;1-2;/h1-12H;1-8H;1-2H3;1H. The fourth-order valence-corrected chi connectivity index (χ4v) is 3.23. The third kappa shape index (κ3) is 5.91. The van der Waals surface area contributed by atoms with Gasteiger partial charge in [0.2, 0.25) is 0 Å². The van der Waals surface area contributed by atoms with Gasteiger partial charge in [-0.1, -0.05) is 135 Å². The second-order valence-corrected chi connectivity index (χ2v) is 6.24. The van der Waals surface area contributed by atoms with E-state index in [1.807, 2.05) is 13.8 Å². The predicted octanol–water partition coefficient (Wildman–Crippen LogP) is 8.99. The van der Waals surface area contributed by atoms with E-state index in [1.165, 1.54) is 32.7 Å². The molecular formula is C28H27I. The first-order valence-corrected chi connectivity index (χ1v) is 9.89. The molecule has 0 aliphatic heterocycles. The Labute approximate surface area is 191 Å². The maximum atomic E-state index is 2.18. The van der Waals surface area contributed by atoms with E-state index in [1.54, 1.807) is 0 Å². The van der Waals surface area contributed by atoms with Gasteiger partial charge in [0.25, 0.3) is 0 Å². The summed E-state index contributed by atoms with van der Waals surface area (Å²) in [6.07, 6.45) is 0. The van der Waals surface area contributed by atoms with Gasteiger partial charge in [-0.15, -0.1) is 24.0 Å². The second kappa shape index (κ2) is 12.0. The smallest absolute Gasteiger partial charge is 0.0105 e. The van der Waals surface area contributed by atoms with Crippen molar-refractivity contribution >= 4 is 45.5 Å². The molecule has 0 amide bonds. The quantitative estimate of drug-likeness (QED) is 0.206. The first kappa shape index (κ1) is 22.6. The van der Waals surface area contributed by atoms with Gasteiger partial charge in [-0.05, 0) is 32.7 Å². The minimum Gasteiger partial charge on any atom is -0.107 e. The van der Waals surface area contributed by atoms with Crippen molar-refractivity contribution in [2.75, 3.05) is 0 Å². The number of halogens is 1. The van der Waals surface area contributed by atoms with E-state index >= 15 is 0 Å². The average molecular weight is 490 g/mol. The van der Waals surface area contributed by atoms with E-state index in [4.69, 9.17) is 0 Å². The Morgan fingerprint density at radius 3 is 1.34 bits per heavy atom. The highest BCUT2D eigenvalue weighted by molar-refractivity contribution is 14.0. The van der Waals surface area contributed by atoms with E-state index < -0.39 is 0 Å². The van der Waals surface area contributed by atoms with Gasteiger partial charge in [0.05, 0.1) is 0 Å². The highest BCUT2D eigenvalue weighted by Gasteiger charge is 2.01. The van der Waals surface area contributed by atoms with Gasteiger partial charge >= 0.3 is 0 Å². The minimum absolute atomic E-state index is 0. The van der Waals surface area contributed by atoms with Crippen LogP contribution in [-0.2, 0) is 0 Å². The molecule has 0 spiro atoms. The summed E-state index contributed by atoms with van der Waals surface area (Å²) in [5.41, 5.74) is 2.58. The van der Waals surface area contributed by atoms with Crippen LogP contribution in [0.2, 0.25) is 0 Å². The van der Waals surface area contributed by atoms with Gasteiger partial charge in [0.15, 0.2) is 0 Å². The highest BCUT2D eigenvalue weighted by atomic mass is 127. The van der Waals surface area contributed by atoms with Gasteiger partial charge in [-0.2, -0.15) is 0 Å². The van der Waals surface area contributed by atoms with Gasteiger partial charge in [0.1, 0.15) is 0 Å². The number of rotatable bonds is 1. The maximum Gasteiger partial charge on any atom is -0.0105 e. The molecule has 0 heterocycles. The summed E-state index contributed by atoms with van der Waals surface area (Å²) in [5.74, 6) is 0. The van der Waals surface area contributed by atoms with Crippen LogP contribution in [0.15, 0.2) is 121 Å². The largest absolute Gasteiger partial charge is 0.107 e. The summed E-state index contributed by atoms with van der Waals surface area (Å²) in [4.78, 5) is 0. The highest BCUT2D eigenvalue weighted by Crippen LogP contribution is 2.27. The Bertz CT molecular complexity index is 1060. The molecule has 5 rings (SSSR count). The molecule has 1 heteroatoms. The summed E-state index contributed by atoms with van der Waals surface area (Å²) in [7, 11) is 0. The molecule has 0 atom stereocenters. The molecule has 5 aromatic rings. The molecule has 29 heavy (non-hydrogen) atoms. The topological polar surface area (TPSA) is 0 Å². The summed E-state index contributed by atoms with van der Waals surface area (Å²) >= 11 is 0. The Hall–Kier alpha value is -2.65. The predicted molar refractivity (Wildman–Crippen MR) is 140 cm³/mol. The molecule has 0 saturated carbocycles. The molecule has 146 valence electrons. The zero-order valence-electron chi connectivity index (χ0n) is 17.0. The van der Waals surface area contributed by atoms with Crippen molar-refractivity contribution in [2.45, 2.75) is 13.8 Å². The van der Waals surface area contributed by atoms with Crippen LogP contribution in [0, 0.1) is 0 Å². The molecule has 0 bridgehead atoms. The van der Waals surface area contributed by atoms with Crippen LogP contribution in [0.5, 0.6) is 0 Å². The molecule has 0 saturated heterocycles. The van der Waals surface area contributed by atoms with Crippen molar-refractivity contribution in [1.29, 1.82) is 0 Å². The van der Waals surface area contributed by atoms with Gasteiger partial charge in [-0.25, -0.2) is 0 Å². The lowest BCUT2D eigenvalue weighted by molar-refractivity contribution is 1.50. The van der Waals surface area contributed by atoms with E-state index in [2.05, 4.69) is 121 Å². The second-order valence-electron chi connectivity index (χ2n) is 6.24. The van der Waals surface area contributed by atoms with Gasteiger partial charge in [-0.3, -0.25) is 0 Å². The van der Waals surface area contributed by atoms with Crippen molar-refractivity contribution in [1.82, 2.24) is 0 Å². The van der Waals surface area contributed by atoms with Crippen molar-refractivity contribution in [2.24, 2.45) is 0 Å². The van der Waals surface area contributed by atoms with Crippen molar-refractivity contribution in [3.8, 4) is 11.1 Å². The Kier molecular flexibility index (Phi) is 9.39. The fraction of sp³-hybridized carbons (Fsp3) is 0.0714. The lowest BCUT2D eigenvalue weighted by atomic mass is 9.98. The zero-order chi connectivity index (χ0) is 19.6. The molecular weight excluding hydrogens is 463 g/mol. The molecule has 0 nitrogen and oxygen atoms in total. The number of benzene rings is 5. The fourth-order valence-electron chi connectivity index (χ4n) is 3.23. The van der Waals surface area contributed by atoms with Crippen molar-refractivity contribution < 1.29 is 0 Å². The maximum absolute atomic E-state index is 2.18. The van der Waals surface area contributed by atoms with Crippen molar-refractivity contribution in [3.63, 3.8) is 0 Å². The zero-order valence-corrected chi connectivity index (χ0v) is 19.3. The Morgan fingerprint density at radius 1 is 0.379 bits per heavy atom. The van der Waals surface area contributed by atoms with Gasteiger partial charge < -0.3 is 0 Å². The molecule has 5 aromatic carbocycles. The van der Waals surface area contributed by atoms with Crippen LogP contribution in [0.1, 0.15) is 13.8 Å². The Balaban J connectivity index is 0.000000200. The van der Waals surface area contributed by atoms with Gasteiger partial charge in [0, 0.05) is 0 Å². The third-order valence-electron chi connectivity index (χ3n) is 4.53. The number of hydrogen-bond donors (Lipinski definition) is 0. The molecule has 0 unspecified atom stereocenters. The molecule has 0 aromatic heterocycles.